The normalized spacial score (nSPS) is 16.4. The van der Waals surface area contributed by atoms with E-state index >= 15 is 0 Å². The number of anilines is 1. The summed E-state index contributed by atoms with van der Waals surface area (Å²) in [6.07, 6.45) is 0.869. The molecule has 1 unspecified atom stereocenters. The van der Waals surface area contributed by atoms with Crippen LogP contribution in [0, 0.1) is 0 Å². The first-order valence-electron chi connectivity index (χ1n) is 9.97. The number of ketones is 1. The predicted octanol–water partition coefficient (Wildman–Crippen LogP) is 6.36. The van der Waals surface area contributed by atoms with Crippen LogP contribution in [0.5, 0.6) is 0 Å². The number of hydrogen-bond acceptors (Lipinski definition) is 6. The van der Waals surface area contributed by atoms with Gasteiger partial charge in [0, 0.05) is 5.02 Å². The Morgan fingerprint density at radius 2 is 1.97 bits per heavy atom. The fraction of sp³-hybridized carbons (Fsp3) is 0.125. The molecule has 1 N–H and O–H groups in total. The van der Waals surface area contributed by atoms with E-state index in [1.807, 2.05) is 24.3 Å². The molecule has 1 aliphatic heterocycles. The van der Waals surface area contributed by atoms with Crippen molar-refractivity contribution in [2.75, 3.05) is 4.90 Å². The first kappa shape index (κ1) is 20.9. The number of aromatic nitrogens is 1. The molecular weight excluding hydrogens is 464 g/mol. The van der Waals surface area contributed by atoms with Crippen molar-refractivity contribution in [1.82, 2.24) is 4.98 Å². The van der Waals surface area contributed by atoms with E-state index in [1.165, 1.54) is 27.6 Å². The summed E-state index contributed by atoms with van der Waals surface area (Å²) in [7, 11) is 0. The second kappa shape index (κ2) is 8.16. The zero-order valence-electron chi connectivity index (χ0n) is 16.9. The molecule has 2 aromatic heterocycles. The summed E-state index contributed by atoms with van der Waals surface area (Å²) in [5.41, 5.74) is 2.63. The van der Waals surface area contributed by atoms with Crippen molar-refractivity contribution in [3.05, 3.63) is 92.3 Å². The third kappa shape index (κ3) is 3.43. The molecule has 5 rings (SSSR count). The van der Waals surface area contributed by atoms with Crippen LogP contribution in [0.2, 0.25) is 5.02 Å². The molecule has 1 amide bonds. The highest BCUT2D eigenvalue weighted by atomic mass is 35.5. The second-order valence-electron chi connectivity index (χ2n) is 7.35. The van der Waals surface area contributed by atoms with Crippen molar-refractivity contribution in [2.24, 2.45) is 0 Å². The predicted molar refractivity (Wildman–Crippen MR) is 129 cm³/mol. The first-order valence-corrected chi connectivity index (χ1v) is 12.0. The van der Waals surface area contributed by atoms with Gasteiger partial charge in [-0.15, -0.1) is 11.3 Å². The average molecular weight is 481 g/mol. The van der Waals surface area contributed by atoms with Crippen molar-refractivity contribution in [2.45, 2.75) is 19.4 Å². The minimum absolute atomic E-state index is 0.0685. The fourth-order valence-corrected chi connectivity index (χ4v) is 5.76. The monoisotopic (exact) mass is 480 g/mol. The Morgan fingerprint density at radius 3 is 2.66 bits per heavy atom. The van der Waals surface area contributed by atoms with Crippen LogP contribution in [0.15, 0.2) is 71.3 Å². The number of Topliss-reactive ketones (excluding diaryl/α,β-unsaturated/α-hetero) is 1. The van der Waals surface area contributed by atoms with E-state index in [0.717, 1.165) is 22.2 Å². The smallest absolute Gasteiger partial charge is 0.296 e. The molecule has 2 aromatic carbocycles. The molecule has 160 valence electrons. The molecule has 8 heteroatoms. The van der Waals surface area contributed by atoms with Crippen LogP contribution in [-0.2, 0) is 11.2 Å². The molecule has 32 heavy (non-hydrogen) atoms. The highest BCUT2D eigenvalue weighted by molar-refractivity contribution is 7.22. The molecule has 4 aromatic rings. The lowest BCUT2D eigenvalue weighted by Gasteiger charge is -2.24. The summed E-state index contributed by atoms with van der Waals surface area (Å²) >= 11 is 8.69. The van der Waals surface area contributed by atoms with Crippen LogP contribution in [0.4, 0.5) is 5.13 Å². The van der Waals surface area contributed by atoms with E-state index in [1.54, 1.807) is 35.7 Å². The lowest BCUT2D eigenvalue weighted by atomic mass is 9.94. The number of thiazole rings is 1. The Kier molecular flexibility index (Phi) is 5.33. The number of thiophene rings is 1. The molecule has 5 nitrogen and oxygen atoms in total. The Hall–Kier alpha value is -3.00. The van der Waals surface area contributed by atoms with Crippen molar-refractivity contribution in [3.63, 3.8) is 0 Å². The zero-order valence-corrected chi connectivity index (χ0v) is 19.3. The number of amides is 1. The van der Waals surface area contributed by atoms with Crippen LogP contribution in [-0.4, -0.2) is 21.8 Å². The van der Waals surface area contributed by atoms with Gasteiger partial charge in [-0.2, -0.15) is 0 Å². The molecular formula is C24H17ClN2O3S2. The summed E-state index contributed by atoms with van der Waals surface area (Å²) in [5, 5.41) is 13.6. The van der Waals surface area contributed by atoms with E-state index < -0.39 is 17.7 Å². The van der Waals surface area contributed by atoms with E-state index in [2.05, 4.69) is 11.9 Å². The van der Waals surface area contributed by atoms with E-state index in [0.29, 0.717) is 20.5 Å². The third-order valence-corrected chi connectivity index (χ3v) is 7.57. The van der Waals surface area contributed by atoms with Gasteiger partial charge in [0.1, 0.15) is 0 Å². The van der Waals surface area contributed by atoms with Crippen molar-refractivity contribution in [3.8, 4) is 0 Å². The quantitative estimate of drug-likeness (QED) is 0.337. The number of hydrogen-bond donors (Lipinski definition) is 1. The SMILES string of the molecule is CCc1ccc(C2C(C(=O)c3cccs3)=C(O)C(=O)N2c2nc3ccc(Cl)cc3s2)cc1. The average Bonchev–Trinajstić information content (AvgIpc) is 3.52. The van der Waals surface area contributed by atoms with Gasteiger partial charge in [0.2, 0.25) is 5.78 Å². The third-order valence-electron chi connectivity index (χ3n) is 5.45. The summed E-state index contributed by atoms with van der Waals surface area (Å²) in [5.74, 6) is -1.54. The van der Waals surface area contributed by atoms with Gasteiger partial charge in [-0.1, -0.05) is 60.2 Å². The molecule has 1 aliphatic rings. The highest BCUT2D eigenvalue weighted by Crippen LogP contribution is 2.44. The second-order valence-corrected chi connectivity index (χ2v) is 9.74. The largest absolute Gasteiger partial charge is 0.503 e. The molecule has 0 saturated heterocycles. The number of halogens is 1. The maximum atomic E-state index is 13.3. The number of nitrogens with zero attached hydrogens (tertiary/aromatic N) is 2. The van der Waals surface area contributed by atoms with Crippen LogP contribution in [0.3, 0.4) is 0 Å². The summed E-state index contributed by atoms with van der Waals surface area (Å²) in [6.45, 7) is 2.06. The number of fused-ring (bicyclic) bond motifs is 1. The van der Waals surface area contributed by atoms with Gasteiger partial charge in [0.25, 0.3) is 5.91 Å². The summed E-state index contributed by atoms with van der Waals surface area (Å²) in [6, 6.07) is 15.7. The number of aliphatic hydroxyl groups is 1. The topological polar surface area (TPSA) is 70.5 Å². The van der Waals surface area contributed by atoms with Crippen LogP contribution < -0.4 is 4.90 Å². The minimum atomic E-state index is -0.779. The van der Waals surface area contributed by atoms with Crippen molar-refractivity contribution < 1.29 is 14.7 Å². The van der Waals surface area contributed by atoms with E-state index in [9.17, 15) is 14.7 Å². The van der Waals surface area contributed by atoms with E-state index in [-0.39, 0.29) is 11.4 Å². The number of carbonyl (C=O) groups is 2. The first-order chi connectivity index (χ1) is 15.5. The van der Waals surface area contributed by atoms with Gasteiger partial charge in [-0.05, 0) is 47.2 Å². The Morgan fingerprint density at radius 1 is 1.19 bits per heavy atom. The fourth-order valence-electron chi connectivity index (χ4n) is 3.82. The molecule has 3 heterocycles. The van der Waals surface area contributed by atoms with Gasteiger partial charge in [-0.3, -0.25) is 14.5 Å². The van der Waals surface area contributed by atoms with Crippen molar-refractivity contribution >= 4 is 61.3 Å². The van der Waals surface area contributed by atoms with E-state index in [4.69, 9.17) is 11.6 Å². The van der Waals surface area contributed by atoms with Gasteiger partial charge >= 0.3 is 0 Å². The molecule has 0 aliphatic carbocycles. The lowest BCUT2D eigenvalue weighted by molar-refractivity contribution is -0.117. The minimum Gasteiger partial charge on any atom is -0.503 e. The number of aryl methyl sites for hydroxylation is 1. The standard InChI is InChI=1S/C24H17ClN2O3S2/c1-2-13-5-7-14(8-6-13)20-19(21(28)17-4-3-11-31-17)22(29)23(30)27(20)24-26-16-10-9-15(25)12-18(16)32-24/h3-12,20,29H,2H2,1H3. The Labute approximate surface area is 197 Å². The molecule has 1 atom stereocenters. The zero-order chi connectivity index (χ0) is 22.4. The van der Waals surface area contributed by atoms with Crippen LogP contribution >= 0.6 is 34.3 Å². The number of aliphatic hydroxyl groups excluding tert-OH is 1. The van der Waals surface area contributed by atoms with Gasteiger partial charge in [-0.25, -0.2) is 4.98 Å². The maximum Gasteiger partial charge on any atom is 0.296 e. The van der Waals surface area contributed by atoms with Gasteiger partial charge in [0.05, 0.1) is 26.7 Å². The molecule has 0 saturated carbocycles. The Balaban J connectivity index is 1.67. The number of carbonyl (C=O) groups excluding carboxylic acids is 2. The number of benzene rings is 2. The molecule has 0 spiro atoms. The molecule has 0 bridgehead atoms. The van der Waals surface area contributed by atoms with Crippen LogP contribution in [0.25, 0.3) is 10.2 Å². The van der Waals surface area contributed by atoms with Crippen molar-refractivity contribution in [1.29, 1.82) is 0 Å². The lowest BCUT2D eigenvalue weighted by Crippen LogP contribution is -2.30. The van der Waals surface area contributed by atoms with Crippen LogP contribution in [0.1, 0.15) is 33.8 Å². The maximum absolute atomic E-state index is 13.3. The Bertz CT molecular complexity index is 1370. The molecule has 0 radical (unpaired) electrons. The highest BCUT2D eigenvalue weighted by Gasteiger charge is 2.46. The number of rotatable bonds is 5. The summed E-state index contributed by atoms with van der Waals surface area (Å²) in [4.78, 5) is 33.1. The molecule has 0 fully saturated rings. The van der Waals surface area contributed by atoms with Gasteiger partial charge < -0.3 is 5.11 Å². The van der Waals surface area contributed by atoms with Gasteiger partial charge in [0.15, 0.2) is 10.9 Å². The summed E-state index contributed by atoms with van der Waals surface area (Å²) < 4.78 is 0.818.